The highest BCUT2D eigenvalue weighted by atomic mass is 19.1. The van der Waals surface area contributed by atoms with Gasteiger partial charge >= 0.3 is 0 Å². The summed E-state index contributed by atoms with van der Waals surface area (Å²) in [5.41, 5.74) is 10.3. The minimum absolute atomic E-state index is 0.134. The molecule has 5 nitrogen and oxygen atoms in total. The van der Waals surface area contributed by atoms with Crippen molar-refractivity contribution in [2.24, 2.45) is 0 Å². The zero-order valence-electron chi connectivity index (χ0n) is 14.2. The Morgan fingerprint density at radius 1 is 1.19 bits per heavy atom. The van der Waals surface area contributed by atoms with Crippen LogP contribution in [-0.4, -0.2) is 15.9 Å². The smallest absolute Gasteiger partial charge is 0.255 e. The van der Waals surface area contributed by atoms with Crippen LogP contribution in [0.2, 0.25) is 0 Å². The number of benzene rings is 2. The number of nitrogens with two attached hydrogens (primary N) is 1. The second-order valence-corrected chi connectivity index (χ2v) is 6.42. The number of hydrogen-bond donors (Lipinski definition) is 2. The first-order chi connectivity index (χ1) is 12.5. The number of anilines is 1. The molecule has 1 aliphatic rings. The standard InChI is InChI=1S/C20H17FN4O/c1-11-3-2-4-12(7-11)15-8-13(21)5-6-14(15)17-9-18-16(19(26)24-17)10-23-20(22)25-18/h2-8,10,17H,9H2,1H3,(H,24,26)(H2,22,23,25). The van der Waals surface area contributed by atoms with E-state index < -0.39 is 0 Å². The van der Waals surface area contributed by atoms with Gasteiger partial charge in [0.05, 0.1) is 17.3 Å². The summed E-state index contributed by atoms with van der Waals surface area (Å²) in [7, 11) is 0. The van der Waals surface area contributed by atoms with Gasteiger partial charge in [-0.25, -0.2) is 14.4 Å². The van der Waals surface area contributed by atoms with Gasteiger partial charge in [-0.05, 0) is 35.7 Å². The molecule has 1 unspecified atom stereocenters. The zero-order chi connectivity index (χ0) is 18.3. The zero-order valence-corrected chi connectivity index (χ0v) is 14.2. The third-order valence-electron chi connectivity index (χ3n) is 4.55. The molecule has 1 atom stereocenters. The second kappa shape index (κ2) is 6.22. The van der Waals surface area contributed by atoms with Crippen molar-refractivity contribution in [3.63, 3.8) is 0 Å². The summed E-state index contributed by atoms with van der Waals surface area (Å²) in [4.78, 5) is 20.5. The molecule has 0 saturated carbocycles. The maximum atomic E-state index is 13.9. The molecule has 0 fully saturated rings. The molecule has 26 heavy (non-hydrogen) atoms. The molecule has 0 saturated heterocycles. The van der Waals surface area contributed by atoms with Gasteiger partial charge in [0, 0.05) is 12.6 Å². The highest BCUT2D eigenvalue weighted by molar-refractivity contribution is 5.96. The predicted octanol–water partition coefficient (Wildman–Crippen LogP) is 3.20. The van der Waals surface area contributed by atoms with Crippen molar-refractivity contribution in [1.29, 1.82) is 0 Å². The third-order valence-corrected chi connectivity index (χ3v) is 4.55. The molecule has 1 amide bonds. The molecule has 4 rings (SSSR count). The van der Waals surface area contributed by atoms with E-state index in [9.17, 15) is 9.18 Å². The molecule has 1 aliphatic heterocycles. The molecule has 3 aromatic rings. The molecule has 2 aromatic carbocycles. The second-order valence-electron chi connectivity index (χ2n) is 6.42. The van der Waals surface area contributed by atoms with E-state index in [1.165, 1.54) is 18.3 Å². The Kier molecular flexibility index (Phi) is 3.88. The molecule has 130 valence electrons. The van der Waals surface area contributed by atoms with Crippen LogP contribution in [0.3, 0.4) is 0 Å². The van der Waals surface area contributed by atoms with Crippen molar-refractivity contribution < 1.29 is 9.18 Å². The van der Waals surface area contributed by atoms with Gasteiger partial charge in [0.15, 0.2) is 0 Å². The van der Waals surface area contributed by atoms with Crippen molar-refractivity contribution in [2.45, 2.75) is 19.4 Å². The van der Waals surface area contributed by atoms with Gasteiger partial charge in [0.25, 0.3) is 5.91 Å². The van der Waals surface area contributed by atoms with Gasteiger partial charge < -0.3 is 11.1 Å². The Labute approximate surface area is 150 Å². The molecular weight excluding hydrogens is 331 g/mol. The number of carbonyl (C=O) groups is 1. The largest absolute Gasteiger partial charge is 0.368 e. The number of nitrogen functional groups attached to an aromatic ring is 1. The summed E-state index contributed by atoms with van der Waals surface area (Å²) < 4.78 is 13.9. The fourth-order valence-electron chi connectivity index (χ4n) is 3.34. The topological polar surface area (TPSA) is 80.9 Å². The fraction of sp³-hybridized carbons (Fsp3) is 0.150. The molecule has 0 radical (unpaired) electrons. The summed E-state index contributed by atoms with van der Waals surface area (Å²) in [6, 6.07) is 12.2. The monoisotopic (exact) mass is 348 g/mol. The number of halogens is 1. The quantitative estimate of drug-likeness (QED) is 0.745. The van der Waals surface area contributed by atoms with Crippen LogP contribution in [0.1, 0.15) is 33.2 Å². The average molecular weight is 348 g/mol. The first-order valence-electron chi connectivity index (χ1n) is 8.30. The van der Waals surface area contributed by atoms with Crippen LogP contribution in [-0.2, 0) is 6.42 Å². The lowest BCUT2D eigenvalue weighted by atomic mass is 9.89. The van der Waals surface area contributed by atoms with Gasteiger partial charge in [-0.15, -0.1) is 0 Å². The molecule has 1 aromatic heterocycles. The van der Waals surface area contributed by atoms with E-state index in [-0.39, 0.29) is 23.7 Å². The molecule has 0 aliphatic carbocycles. The van der Waals surface area contributed by atoms with Crippen LogP contribution in [0.5, 0.6) is 0 Å². The number of nitrogens with one attached hydrogen (secondary N) is 1. The Morgan fingerprint density at radius 3 is 2.85 bits per heavy atom. The van der Waals surface area contributed by atoms with Crippen LogP contribution < -0.4 is 11.1 Å². The van der Waals surface area contributed by atoms with Gasteiger partial charge in [0.2, 0.25) is 5.95 Å². The van der Waals surface area contributed by atoms with E-state index in [2.05, 4.69) is 15.3 Å². The lowest BCUT2D eigenvalue weighted by molar-refractivity contribution is 0.0923. The summed E-state index contributed by atoms with van der Waals surface area (Å²) in [5, 5.41) is 2.97. The minimum atomic E-state index is -0.320. The van der Waals surface area contributed by atoms with Crippen LogP contribution in [0, 0.1) is 12.7 Å². The van der Waals surface area contributed by atoms with Gasteiger partial charge in [-0.1, -0.05) is 35.9 Å². The molecule has 2 heterocycles. The number of carbonyl (C=O) groups excluding carboxylic acids is 1. The number of amides is 1. The molecule has 3 N–H and O–H groups in total. The molecule has 6 heteroatoms. The van der Waals surface area contributed by atoms with E-state index >= 15 is 0 Å². The minimum Gasteiger partial charge on any atom is -0.368 e. The number of aromatic nitrogens is 2. The highest BCUT2D eigenvalue weighted by Crippen LogP contribution is 2.33. The van der Waals surface area contributed by atoms with Crippen molar-refractivity contribution in [3.8, 4) is 11.1 Å². The number of fused-ring (bicyclic) bond motifs is 1. The van der Waals surface area contributed by atoms with Gasteiger partial charge in [-0.2, -0.15) is 0 Å². The Balaban J connectivity index is 1.81. The van der Waals surface area contributed by atoms with E-state index in [0.717, 1.165) is 22.3 Å². The summed E-state index contributed by atoms with van der Waals surface area (Å²) >= 11 is 0. The first-order valence-corrected chi connectivity index (χ1v) is 8.30. The SMILES string of the molecule is Cc1cccc(-c2cc(F)ccc2C2Cc3nc(N)ncc3C(=O)N2)c1. The average Bonchev–Trinajstić information content (AvgIpc) is 2.61. The van der Waals surface area contributed by atoms with Gasteiger partial charge in [0.1, 0.15) is 5.82 Å². The van der Waals surface area contributed by atoms with Crippen molar-refractivity contribution in [3.05, 3.63) is 76.9 Å². The Hall–Kier alpha value is -3.28. The van der Waals surface area contributed by atoms with Crippen LogP contribution in [0.25, 0.3) is 11.1 Å². The number of nitrogens with zero attached hydrogens (tertiary/aromatic N) is 2. The molecular formula is C20H17FN4O. The molecule has 0 bridgehead atoms. The Bertz CT molecular complexity index is 1020. The van der Waals surface area contributed by atoms with Gasteiger partial charge in [-0.3, -0.25) is 4.79 Å². The molecule has 0 spiro atoms. The van der Waals surface area contributed by atoms with Crippen molar-refractivity contribution in [1.82, 2.24) is 15.3 Å². The number of hydrogen-bond acceptors (Lipinski definition) is 4. The lowest BCUT2D eigenvalue weighted by Crippen LogP contribution is -2.36. The normalized spacial score (nSPS) is 16.1. The summed E-state index contributed by atoms with van der Waals surface area (Å²) in [6.45, 7) is 1.99. The van der Waals surface area contributed by atoms with Crippen molar-refractivity contribution in [2.75, 3.05) is 5.73 Å². The van der Waals surface area contributed by atoms with Crippen LogP contribution in [0.15, 0.2) is 48.7 Å². The summed E-state index contributed by atoms with van der Waals surface area (Å²) in [5.74, 6) is -0.439. The predicted molar refractivity (Wildman–Crippen MR) is 96.9 cm³/mol. The lowest BCUT2D eigenvalue weighted by Gasteiger charge is -2.27. The Morgan fingerprint density at radius 2 is 2.04 bits per heavy atom. The third kappa shape index (κ3) is 2.90. The van der Waals surface area contributed by atoms with E-state index in [0.29, 0.717) is 17.7 Å². The summed E-state index contributed by atoms with van der Waals surface area (Å²) in [6.07, 6.45) is 1.91. The van der Waals surface area contributed by atoms with E-state index in [1.807, 2.05) is 31.2 Å². The van der Waals surface area contributed by atoms with Crippen molar-refractivity contribution >= 4 is 11.9 Å². The first kappa shape index (κ1) is 16.2. The highest BCUT2D eigenvalue weighted by Gasteiger charge is 2.28. The van der Waals surface area contributed by atoms with E-state index in [4.69, 9.17) is 5.73 Å². The van der Waals surface area contributed by atoms with Crippen LogP contribution >= 0.6 is 0 Å². The maximum Gasteiger partial charge on any atom is 0.255 e. The maximum absolute atomic E-state index is 13.9. The van der Waals surface area contributed by atoms with E-state index in [1.54, 1.807) is 6.07 Å². The number of rotatable bonds is 2. The fourth-order valence-corrected chi connectivity index (χ4v) is 3.34. The van der Waals surface area contributed by atoms with Crippen LogP contribution in [0.4, 0.5) is 10.3 Å². The number of aryl methyl sites for hydroxylation is 1.